The second kappa shape index (κ2) is 9.27. The number of rotatable bonds is 8. The number of allylic oxidation sites excluding steroid dienone is 1. The second-order valence-electron chi connectivity index (χ2n) is 3.10. The van der Waals surface area contributed by atoms with E-state index in [1.165, 1.54) is 20.3 Å². The molecule has 0 fully saturated rings. The number of aliphatic imine (C=N–C) groups is 1. The number of carbonyl (C=O) groups is 1. The first-order valence-corrected chi connectivity index (χ1v) is 6.12. The summed E-state index contributed by atoms with van der Waals surface area (Å²) in [6.07, 6.45) is 4.60. The fraction of sp³-hybridized carbons (Fsp3) is 0.500. The molecule has 0 amide bonds. The number of ether oxygens (including phenoxy) is 2. The van der Waals surface area contributed by atoms with Gasteiger partial charge in [-0.3, -0.25) is 9.79 Å². The van der Waals surface area contributed by atoms with Crippen LogP contribution in [0, 0.1) is 0 Å². The summed E-state index contributed by atoms with van der Waals surface area (Å²) in [7, 11) is 3.01. The SMILES string of the molecule is C=CC(Br)N=C(CC)C(=O)C=CC(OC)OC. The molecule has 17 heavy (non-hydrogen) atoms. The highest BCUT2D eigenvalue weighted by Crippen LogP contribution is 2.05. The third kappa shape index (κ3) is 6.51. The van der Waals surface area contributed by atoms with Gasteiger partial charge in [-0.15, -0.1) is 6.58 Å². The van der Waals surface area contributed by atoms with Crippen molar-refractivity contribution >= 4 is 27.4 Å². The zero-order valence-corrected chi connectivity index (χ0v) is 11.9. The Morgan fingerprint density at radius 1 is 1.47 bits per heavy atom. The number of hydrogen-bond donors (Lipinski definition) is 0. The third-order valence-electron chi connectivity index (χ3n) is 1.96. The Kier molecular flexibility index (Phi) is 8.85. The van der Waals surface area contributed by atoms with Crippen molar-refractivity contribution in [1.82, 2.24) is 0 Å². The predicted molar refractivity (Wildman–Crippen MR) is 72.6 cm³/mol. The average Bonchev–Trinajstić information content (AvgIpc) is 2.36. The van der Waals surface area contributed by atoms with E-state index in [9.17, 15) is 4.79 Å². The molecule has 5 heteroatoms. The number of carbonyl (C=O) groups excluding carboxylic acids is 1. The van der Waals surface area contributed by atoms with E-state index < -0.39 is 6.29 Å². The van der Waals surface area contributed by atoms with Gasteiger partial charge in [0.2, 0.25) is 0 Å². The molecular weight excluding hydrogens is 286 g/mol. The van der Waals surface area contributed by atoms with Crippen molar-refractivity contribution in [3.8, 4) is 0 Å². The Bertz CT molecular complexity index is 309. The Labute approximate surface area is 111 Å². The minimum Gasteiger partial charge on any atom is -0.352 e. The van der Waals surface area contributed by atoms with E-state index in [2.05, 4.69) is 27.5 Å². The standard InChI is InChI=1S/C12H18BrNO3/c1-5-9(14-11(13)6-2)10(15)7-8-12(16-3)17-4/h6-8,11-12H,2,5H2,1,3-4H3. The molecule has 0 saturated carbocycles. The highest BCUT2D eigenvalue weighted by Gasteiger charge is 2.08. The van der Waals surface area contributed by atoms with Gasteiger partial charge < -0.3 is 9.47 Å². The van der Waals surface area contributed by atoms with Gasteiger partial charge in [0.1, 0.15) is 4.95 Å². The molecule has 0 heterocycles. The molecule has 0 N–H and O–H groups in total. The molecule has 1 atom stereocenters. The Morgan fingerprint density at radius 2 is 2.06 bits per heavy atom. The molecule has 0 saturated heterocycles. The summed E-state index contributed by atoms with van der Waals surface area (Å²) in [4.78, 5) is 15.7. The van der Waals surface area contributed by atoms with Crippen LogP contribution in [0.15, 0.2) is 29.8 Å². The van der Waals surface area contributed by atoms with Crippen molar-refractivity contribution in [1.29, 1.82) is 0 Å². The maximum absolute atomic E-state index is 11.8. The van der Waals surface area contributed by atoms with Gasteiger partial charge in [0.25, 0.3) is 0 Å². The lowest BCUT2D eigenvalue weighted by Crippen LogP contribution is -2.15. The van der Waals surface area contributed by atoms with Crippen LogP contribution in [-0.2, 0) is 14.3 Å². The molecule has 4 nitrogen and oxygen atoms in total. The summed E-state index contributed by atoms with van der Waals surface area (Å²) in [6, 6.07) is 0. The van der Waals surface area contributed by atoms with Crippen LogP contribution in [0.2, 0.25) is 0 Å². The third-order valence-corrected chi connectivity index (χ3v) is 2.54. The smallest absolute Gasteiger partial charge is 0.199 e. The summed E-state index contributed by atoms with van der Waals surface area (Å²) >= 11 is 3.26. The highest BCUT2D eigenvalue weighted by molar-refractivity contribution is 9.09. The summed E-state index contributed by atoms with van der Waals surface area (Å²) in [6.45, 7) is 5.46. The van der Waals surface area contributed by atoms with E-state index in [1.54, 1.807) is 12.2 Å². The quantitative estimate of drug-likeness (QED) is 0.173. The summed E-state index contributed by atoms with van der Waals surface area (Å²) in [5, 5.41) is 0. The molecule has 0 aliphatic carbocycles. The monoisotopic (exact) mass is 303 g/mol. The van der Waals surface area contributed by atoms with Gasteiger partial charge in [-0.2, -0.15) is 0 Å². The van der Waals surface area contributed by atoms with Gasteiger partial charge in [0.15, 0.2) is 12.1 Å². The summed E-state index contributed by atoms with van der Waals surface area (Å²) in [5.74, 6) is -0.155. The van der Waals surface area contributed by atoms with Crippen LogP contribution in [0.3, 0.4) is 0 Å². The minimum absolute atomic E-state index is 0.155. The Balaban J connectivity index is 4.66. The van der Waals surface area contributed by atoms with Crippen LogP contribution >= 0.6 is 15.9 Å². The first kappa shape index (κ1) is 16.2. The van der Waals surface area contributed by atoms with Crippen molar-refractivity contribution in [2.24, 2.45) is 4.99 Å². The maximum atomic E-state index is 11.8. The minimum atomic E-state index is -0.517. The van der Waals surface area contributed by atoms with Gasteiger partial charge in [0.05, 0.1) is 5.71 Å². The van der Waals surface area contributed by atoms with Gasteiger partial charge in [-0.25, -0.2) is 0 Å². The topological polar surface area (TPSA) is 47.9 Å². The lowest BCUT2D eigenvalue weighted by atomic mass is 10.2. The number of methoxy groups -OCH3 is 2. The van der Waals surface area contributed by atoms with Crippen LogP contribution in [0.5, 0.6) is 0 Å². The second-order valence-corrected chi connectivity index (χ2v) is 4.04. The van der Waals surface area contributed by atoms with Crippen LogP contribution in [0.25, 0.3) is 0 Å². The fourth-order valence-corrected chi connectivity index (χ4v) is 1.29. The zero-order valence-electron chi connectivity index (χ0n) is 10.4. The zero-order chi connectivity index (χ0) is 13.3. The van der Waals surface area contributed by atoms with Gasteiger partial charge in [0, 0.05) is 14.2 Å². The predicted octanol–water partition coefficient (Wildman–Crippen LogP) is 2.49. The Hall–Kier alpha value is -0.780. The molecule has 0 aromatic rings. The molecule has 0 aromatic heterocycles. The molecule has 1 unspecified atom stereocenters. The van der Waals surface area contributed by atoms with Gasteiger partial charge in [-0.05, 0) is 18.6 Å². The lowest BCUT2D eigenvalue weighted by molar-refractivity contribution is -0.109. The number of halogens is 1. The van der Waals surface area contributed by atoms with E-state index in [0.29, 0.717) is 12.1 Å². The van der Waals surface area contributed by atoms with E-state index in [0.717, 1.165) is 0 Å². The van der Waals surface area contributed by atoms with Crippen LogP contribution in [-0.4, -0.2) is 37.0 Å². The number of alkyl halides is 1. The average molecular weight is 304 g/mol. The molecule has 0 bridgehead atoms. The maximum Gasteiger partial charge on any atom is 0.199 e. The van der Waals surface area contributed by atoms with Crippen molar-refractivity contribution in [2.75, 3.05) is 14.2 Å². The molecule has 0 spiro atoms. The number of hydrogen-bond acceptors (Lipinski definition) is 4. The molecule has 0 aliphatic heterocycles. The van der Waals surface area contributed by atoms with Crippen molar-refractivity contribution < 1.29 is 14.3 Å². The Morgan fingerprint density at radius 3 is 2.47 bits per heavy atom. The van der Waals surface area contributed by atoms with Gasteiger partial charge in [-0.1, -0.05) is 28.9 Å². The summed E-state index contributed by atoms with van der Waals surface area (Å²) in [5.41, 5.74) is 0.481. The van der Waals surface area contributed by atoms with Crippen LogP contribution < -0.4 is 0 Å². The van der Waals surface area contributed by atoms with Gasteiger partial charge >= 0.3 is 0 Å². The molecule has 0 aromatic carbocycles. The van der Waals surface area contributed by atoms with Crippen LogP contribution in [0.1, 0.15) is 13.3 Å². The van der Waals surface area contributed by atoms with Crippen molar-refractivity contribution in [3.63, 3.8) is 0 Å². The molecule has 0 aliphatic rings. The van der Waals surface area contributed by atoms with Crippen LogP contribution in [0.4, 0.5) is 0 Å². The van der Waals surface area contributed by atoms with E-state index in [-0.39, 0.29) is 10.7 Å². The largest absolute Gasteiger partial charge is 0.352 e. The number of ketones is 1. The first-order valence-electron chi connectivity index (χ1n) is 5.20. The molecule has 96 valence electrons. The van der Waals surface area contributed by atoms with Crippen molar-refractivity contribution in [2.45, 2.75) is 24.6 Å². The molecular formula is C12H18BrNO3. The van der Waals surface area contributed by atoms with Crippen molar-refractivity contribution in [3.05, 3.63) is 24.8 Å². The summed E-state index contributed by atoms with van der Waals surface area (Å²) < 4.78 is 9.88. The fourth-order valence-electron chi connectivity index (χ4n) is 1.05. The van der Waals surface area contributed by atoms with E-state index >= 15 is 0 Å². The highest BCUT2D eigenvalue weighted by atomic mass is 79.9. The molecule has 0 rings (SSSR count). The lowest BCUT2D eigenvalue weighted by Gasteiger charge is -2.07. The first-order chi connectivity index (χ1) is 8.08. The normalized spacial score (nSPS) is 14.3. The molecule has 0 radical (unpaired) electrons. The number of nitrogens with zero attached hydrogens (tertiary/aromatic N) is 1. The van der Waals surface area contributed by atoms with E-state index in [4.69, 9.17) is 9.47 Å². The van der Waals surface area contributed by atoms with E-state index in [1.807, 2.05) is 6.92 Å².